The minimum Gasteiger partial charge on any atom is -0.465 e. The molecule has 10 heteroatoms. The fourth-order valence-corrected chi connectivity index (χ4v) is 4.65. The molecule has 3 aromatic rings. The van der Waals surface area contributed by atoms with E-state index in [0.29, 0.717) is 34.8 Å². The van der Waals surface area contributed by atoms with E-state index in [0.717, 1.165) is 36.7 Å². The largest absolute Gasteiger partial charge is 0.465 e. The van der Waals surface area contributed by atoms with E-state index in [4.69, 9.17) is 9.47 Å². The minimum absolute atomic E-state index is 0.135. The van der Waals surface area contributed by atoms with Crippen LogP contribution in [0.15, 0.2) is 52.4 Å². The summed E-state index contributed by atoms with van der Waals surface area (Å²) in [7, 11) is 1.26. The van der Waals surface area contributed by atoms with Gasteiger partial charge in [0.25, 0.3) is 5.56 Å². The molecule has 1 saturated heterocycles. The monoisotopic (exact) mass is 478 g/mol. The SMILES string of the molecule is COC(=O)c1ccc2c(=O)n(CC3CCCO3)c(SCc3cccc(C(F)(F)F)c3)nc2c1. The molecule has 0 bridgehead atoms. The Morgan fingerprint density at radius 1 is 1.27 bits per heavy atom. The van der Waals surface area contributed by atoms with Crippen LogP contribution in [0, 0.1) is 0 Å². The summed E-state index contributed by atoms with van der Waals surface area (Å²) in [6.07, 6.45) is -2.86. The zero-order valence-electron chi connectivity index (χ0n) is 17.7. The van der Waals surface area contributed by atoms with Crippen molar-refractivity contribution in [3.05, 3.63) is 69.5 Å². The zero-order chi connectivity index (χ0) is 23.6. The van der Waals surface area contributed by atoms with Crippen molar-refractivity contribution in [1.29, 1.82) is 0 Å². The lowest BCUT2D eigenvalue weighted by Crippen LogP contribution is -2.29. The van der Waals surface area contributed by atoms with Crippen molar-refractivity contribution in [1.82, 2.24) is 9.55 Å². The fraction of sp³-hybridized carbons (Fsp3) is 0.348. The van der Waals surface area contributed by atoms with Gasteiger partial charge in [0.15, 0.2) is 5.16 Å². The van der Waals surface area contributed by atoms with Gasteiger partial charge in [-0.1, -0.05) is 30.0 Å². The highest BCUT2D eigenvalue weighted by atomic mass is 32.2. The van der Waals surface area contributed by atoms with Crippen LogP contribution in [0.5, 0.6) is 0 Å². The van der Waals surface area contributed by atoms with Crippen LogP contribution in [0.4, 0.5) is 13.2 Å². The number of ether oxygens (including phenoxy) is 2. The molecule has 33 heavy (non-hydrogen) atoms. The van der Waals surface area contributed by atoms with Gasteiger partial charge in [0, 0.05) is 12.4 Å². The molecular formula is C23H21F3N2O4S. The van der Waals surface area contributed by atoms with Gasteiger partial charge in [-0.2, -0.15) is 13.2 Å². The van der Waals surface area contributed by atoms with Gasteiger partial charge in [-0.15, -0.1) is 0 Å². The maximum atomic E-state index is 13.3. The molecule has 1 aromatic heterocycles. The highest BCUT2D eigenvalue weighted by Crippen LogP contribution is 2.31. The molecule has 0 radical (unpaired) electrons. The Hall–Kier alpha value is -2.85. The quantitative estimate of drug-likeness (QED) is 0.291. The van der Waals surface area contributed by atoms with Crippen LogP contribution in [0.25, 0.3) is 10.9 Å². The Morgan fingerprint density at radius 3 is 2.79 bits per heavy atom. The highest BCUT2D eigenvalue weighted by Gasteiger charge is 2.30. The first-order valence-corrected chi connectivity index (χ1v) is 11.3. The predicted molar refractivity (Wildman–Crippen MR) is 117 cm³/mol. The lowest BCUT2D eigenvalue weighted by molar-refractivity contribution is -0.137. The number of aromatic nitrogens is 2. The average Bonchev–Trinajstić information content (AvgIpc) is 3.32. The number of alkyl halides is 3. The second-order valence-electron chi connectivity index (χ2n) is 7.66. The summed E-state index contributed by atoms with van der Waals surface area (Å²) < 4.78 is 51.1. The average molecular weight is 478 g/mol. The van der Waals surface area contributed by atoms with Crippen molar-refractivity contribution in [2.75, 3.05) is 13.7 Å². The number of rotatable bonds is 6. The standard InChI is InChI=1S/C23H21F3N2O4S/c1-31-21(30)15-7-8-18-19(11-15)27-22(28(20(18)29)12-17-6-3-9-32-17)33-13-14-4-2-5-16(10-14)23(24,25)26/h2,4-5,7-8,10-11,17H,3,6,9,12-13H2,1H3. The van der Waals surface area contributed by atoms with Gasteiger partial charge in [-0.25, -0.2) is 9.78 Å². The van der Waals surface area contributed by atoms with Gasteiger partial charge in [-0.05, 0) is 42.7 Å². The first-order valence-electron chi connectivity index (χ1n) is 10.3. The maximum Gasteiger partial charge on any atom is 0.416 e. The van der Waals surface area contributed by atoms with Crippen LogP contribution in [0.3, 0.4) is 0 Å². The third-order valence-corrected chi connectivity index (χ3v) is 6.42. The second-order valence-corrected chi connectivity index (χ2v) is 8.60. The molecule has 2 aromatic carbocycles. The first-order chi connectivity index (χ1) is 15.8. The third kappa shape index (κ3) is 5.22. The molecule has 0 N–H and O–H groups in total. The van der Waals surface area contributed by atoms with Crippen LogP contribution >= 0.6 is 11.8 Å². The van der Waals surface area contributed by atoms with Crippen molar-refractivity contribution in [3.63, 3.8) is 0 Å². The van der Waals surface area contributed by atoms with Gasteiger partial charge in [-0.3, -0.25) is 9.36 Å². The number of thioether (sulfide) groups is 1. The fourth-order valence-electron chi connectivity index (χ4n) is 3.69. The molecule has 1 atom stereocenters. The Morgan fingerprint density at radius 2 is 2.09 bits per heavy atom. The number of methoxy groups -OCH3 is 1. The van der Waals surface area contributed by atoms with Crippen LogP contribution in [0.1, 0.15) is 34.3 Å². The lowest BCUT2D eigenvalue weighted by atomic mass is 10.1. The third-order valence-electron chi connectivity index (χ3n) is 5.37. The molecule has 0 amide bonds. The Labute approximate surface area is 191 Å². The molecule has 0 aliphatic carbocycles. The molecule has 1 unspecified atom stereocenters. The van der Waals surface area contributed by atoms with Crippen LogP contribution in [-0.4, -0.2) is 35.3 Å². The van der Waals surface area contributed by atoms with Crippen LogP contribution < -0.4 is 5.56 Å². The van der Waals surface area contributed by atoms with Gasteiger partial charge < -0.3 is 9.47 Å². The Bertz CT molecular complexity index is 1240. The van der Waals surface area contributed by atoms with Crippen molar-refractivity contribution in [2.24, 2.45) is 0 Å². The van der Waals surface area contributed by atoms with E-state index in [-0.39, 0.29) is 23.0 Å². The number of carbonyl (C=O) groups excluding carboxylic acids is 1. The molecule has 0 saturated carbocycles. The number of nitrogens with zero attached hydrogens (tertiary/aromatic N) is 2. The van der Waals surface area contributed by atoms with Gasteiger partial charge >= 0.3 is 12.1 Å². The van der Waals surface area contributed by atoms with Crippen molar-refractivity contribution >= 4 is 28.6 Å². The molecule has 2 heterocycles. The maximum absolute atomic E-state index is 13.3. The summed E-state index contributed by atoms with van der Waals surface area (Å²) in [5.41, 5.74) is 0.00165. The molecule has 1 aliphatic rings. The molecule has 6 nitrogen and oxygen atoms in total. The lowest BCUT2D eigenvalue weighted by Gasteiger charge is -2.17. The molecule has 0 spiro atoms. The van der Waals surface area contributed by atoms with Gasteiger partial charge in [0.1, 0.15) is 0 Å². The van der Waals surface area contributed by atoms with Crippen molar-refractivity contribution < 1.29 is 27.4 Å². The smallest absolute Gasteiger partial charge is 0.416 e. The molecule has 1 fully saturated rings. The van der Waals surface area contributed by atoms with Crippen molar-refractivity contribution in [3.8, 4) is 0 Å². The summed E-state index contributed by atoms with van der Waals surface area (Å²) >= 11 is 1.16. The minimum atomic E-state index is -4.44. The normalized spacial score (nSPS) is 16.3. The van der Waals surface area contributed by atoms with E-state index < -0.39 is 17.7 Å². The molecule has 1 aliphatic heterocycles. The summed E-state index contributed by atoms with van der Waals surface area (Å²) in [6.45, 7) is 0.918. The summed E-state index contributed by atoms with van der Waals surface area (Å²) in [6, 6.07) is 9.58. The number of esters is 1. The Balaban J connectivity index is 1.72. The van der Waals surface area contributed by atoms with E-state index in [1.54, 1.807) is 6.07 Å². The van der Waals surface area contributed by atoms with E-state index in [1.807, 2.05) is 0 Å². The molecule has 174 valence electrons. The molecule has 4 rings (SSSR count). The van der Waals surface area contributed by atoms with E-state index >= 15 is 0 Å². The topological polar surface area (TPSA) is 70.4 Å². The first kappa shape index (κ1) is 23.3. The number of halogens is 3. The van der Waals surface area contributed by atoms with E-state index in [9.17, 15) is 22.8 Å². The summed E-state index contributed by atoms with van der Waals surface area (Å²) in [4.78, 5) is 29.8. The predicted octanol–water partition coefficient (Wildman–Crippen LogP) is 4.67. The zero-order valence-corrected chi connectivity index (χ0v) is 18.5. The second kappa shape index (κ2) is 9.56. The van der Waals surface area contributed by atoms with Crippen LogP contribution in [-0.2, 0) is 27.9 Å². The summed E-state index contributed by atoms with van der Waals surface area (Å²) in [5.74, 6) is -0.371. The van der Waals surface area contributed by atoms with E-state index in [2.05, 4.69) is 4.98 Å². The number of benzene rings is 2. The highest BCUT2D eigenvalue weighted by molar-refractivity contribution is 7.98. The number of fused-ring (bicyclic) bond motifs is 1. The van der Waals surface area contributed by atoms with Crippen LogP contribution in [0.2, 0.25) is 0 Å². The summed E-state index contributed by atoms with van der Waals surface area (Å²) in [5, 5.41) is 0.687. The van der Waals surface area contributed by atoms with E-state index in [1.165, 1.54) is 35.9 Å². The number of hydrogen-bond acceptors (Lipinski definition) is 6. The van der Waals surface area contributed by atoms with Crippen molar-refractivity contribution in [2.45, 2.75) is 42.6 Å². The molecular weight excluding hydrogens is 457 g/mol. The Kier molecular flexibility index (Phi) is 6.76. The number of carbonyl (C=O) groups is 1. The van der Waals surface area contributed by atoms with Gasteiger partial charge in [0.05, 0.1) is 41.8 Å². The van der Waals surface area contributed by atoms with Gasteiger partial charge in [0.2, 0.25) is 0 Å². The number of hydrogen-bond donors (Lipinski definition) is 0.